The Hall–Kier alpha value is -2.32. The molecule has 0 bridgehead atoms. The van der Waals surface area contributed by atoms with E-state index >= 15 is 0 Å². The molecule has 1 unspecified atom stereocenters. The van der Waals surface area contributed by atoms with Crippen molar-refractivity contribution >= 4 is 21.6 Å². The second-order valence-corrected chi connectivity index (χ2v) is 7.49. The second-order valence-electron chi connectivity index (χ2n) is 5.77. The van der Waals surface area contributed by atoms with Crippen LogP contribution in [0.5, 0.6) is 0 Å². The van der Waals surface area contributed by atoms with Gasteiger partial charge in [0.05, 0.1) is 4.90 Å². The zero-order chi connectivity index (χ0) is 18.6. The minimum atomic E-state index is -3.90. The molecule has 134 valence electrons. The molecule has 1 amide bonds. The number of rotatable bonds is 6. The van der Waals surface area contributed by atoms with Gasteiger partial charge in [0.2, 0.25) is 15.9 Å². The Balaban J connectivity index is 2.20. The molecule has 0 saturated carbocycles. The van der Waals surface area contributed by atoms with Crippen molar-refractivity contribution in [1.29, 1.82) is 0 Å². The van der Waals surface area contributed by atoms with Crippen LogP contribution in [0.1, 0.15) is 13.8 Å². The Bertz CT molecular complexity index is 855. The molecule has 0 fully saturated rings. The summed E-state index contributed by atoms with van der Waals surface area (Å²) in [6.07, 6.45) is 0. The molecule has 0 aromatic heterocycles. The van der Waals surface area contributed by atoms with E-state index < -0.39 is 33.6 Å². The van der Waals surface area contributed by atoms with Crippen LogP contribution in [0.4, 0.5) is 14.5 Å². The minimum Gasteiger partial charge on any atom is -0.325 e. The summed E-state index contributed by atoms with van der Waals surface area (Å²) in [6, 6.07) is 9.45. The summed E-state index contributed by atoms with van der Waals surface area (Å²) in [4.78, 5) is 12.4. The maximum Gasteiger partial charge on any atom is 0.242 e. The van der Waals surface area contributed by atoms with E-state index in [9.17, 15) is 22.0 Å². The molecule has 0 saturated heterocycles. The average molecular weight is 368 g/mol. The first kappa shape index (κ1) is 19.0. The second kappa shape index (κ2) is 7.71. The quantitative estimate of drug-likeness (QED) is 0.823. The van der Waals surface area contributed by atoms with Gasteiger partial charge in [-0.05, 0) is 30.2 Å². The molecule has 0 aliphatic rings. The molecule has 1 atom stereocenters. The van der Waals surface area contributed by atoms with E-state index in [4.69, 9.17) is 0 Å². The van der Waals surface area contributed by atoms with Gasteiger partial charge in [0.1, 0.15) is 6.04 Å². The van der Waals surface area contributed by atoms with Crippen LogP contribution in [-0.4, -0.2) is 20.4 Å². The molecule has 0 radical (unpaired) electrons. The van der Waals surface area contributed by atoms with Crippen LogP contribution in [0.25, 0.3) is 0 Å². The number of carbonyl (C=O) groups is 1. The molecule has 0 spiro atoms. The fourth-order valence-corrected chi connectivity index (χ4v) is 3.49. The van der Waals surface area contributed by atoms with Gasteiger partial charge < -0.3 is 5.32 Å². The number of halogens is 2. The van der Waals surface area contributed by atoms with E-state index in [1.807, 2.05) is 0 Å². The first-order valence-corrected chi connectivity index (χ1v) is 9.02. The summed E-state index contributed by atoms with van der Waals surface area (Å²) in [5.74, 6) is -3.18. The third-order valence-corrected chi connectivity index (χ3v) is 4.93. The van der Waals surface area contributed by atoms with Gasteiger partial charge in [-0.1, -0.05) is 32.0 Å². The highest BCUT2D eigenvalue weighted by molar-refractivity contribution is 7.89. The zero-order valence-corrected chi connectivity index (χ0v) is 14.5. The molecule has 2 rings (SSSR count). The molecular weight excluding hydrogens is 350 g/mol. The van der Waals surface area contributed by atoms with E-state index in [-0.39, 0.29) is 16.5 Å². The Morgan fingerprint density at radius 2 is 1.64 bits per heavy atom. The molecule has 8 heteroatoms. The molecular formula is C17H18F2N2O3S. The first-order chi connectivity index (χ1) is 11.7. The Kier molecular flexibility index (Phi) is 5.86. The van der Waals surface area contributed by atoms with Gasteiger partial charge in [-0.25, -0.2) is 17.2 Å². The number of anilines is 1. The van der Waals surface area contributed by atoms with Crippen LogP contribution in [0, 0.1) is 17.6 Å². The molecule has 5 nitrogen and oxygen atoms in total. The van der Waals surface area contributed by atoms with Crippen molar-refractivity contribution in [1.82, 2.24) is 4.72 Å². The van der Waals surface area contributed by atoms with Crippen molar-refractivity contribution in [3.05, 3.63) is 60.2 Å². The number of sulfonamides is 1. The summed E-state index contributed by atoms with van der Waals surface area (Å²) >= 11 is 0. The SMILES string of the molecule is CC(C)C(NS(=O)(=O)c1ccccc1)C(=O)Nc1ccc(F)c(F)c1. The van der Waals surface area contributed by atoms with Crippen LogP contribution >= 0.6 is 0 Å². The fourth-order valence-electron chi connectivity index (χ4n) is 2.12. The number of amides is 1. The van der Waals surface area contributed by atoms with E-state index in [0.29, 0.717) is 0 Å². The zero-order valence-electron chi connectivity index (χ0n) is 13.7. The van der Waals surface area contributed by atoms with Crippen molar-refractivity contribution in [2.45, 2.75) is 24.8 Å². The minimum absolute atomic E-state index is 0.0290. The highest BCUT2D eigenvalue weighted by Crippen LogP contribution is 2.16. The fraction of sp³-hybridized carbons (Fsp3) is 0.235. The van der Waals surface area contributed by atoms with Gasteiger partial charge in [0, 0.05) is 11.8 Å². The summed E-state index contributed by atoms with van der Waals surface area (Å²) in [7, 11) is -3.90. The normalized spacial score (nSPS) is 12.8. The molecule has 2 aromatic rings. The van der Waals surface area contributed by atoms with Crippen LogP contribution in [-0.2, 0) is 14.8 Å². The molecule has 0 aliphatic heterocycles. The first-order valence-electron chi connectivity index (χ1n) is 7.54. The van der Waals surface area contributed by atoms with Crippen molar-refractivity contribution in [2.75, 3.05) is 5.32 Å². The topological polar surface area (TPSA) is 75.3 Å². The Morgan fingerprint density at radius 1 is 1.00 bits per heavy atom. The lowest BCUT2D eigenvalue weighted by atomic mass is 10.0. The van der Waals surface area contributed by atoms with Crippen molar-refractivity contribution in [3.8, 4) is 0 Å². The largest absolute Gasteiger partial charge is 0.325 e. The summed E-state index contributed by atoms with van der Waals surface area (Å²) in [5, 5.41) is 2.39. The van der Waals surface area contributed by atoms with Crippen molar-refractivity contribution in [3.63, 3.8) is 0 Å². The van der Waals surface area contributed by atoms with Crippen molar-refractivity contribution < 1.29 is 22.0 Å². The van der Waals surface area contributed by atoms with Gasteiger partial charge in [-0.15, -0.1) is 0 Å². The molecule has 2 N–H and O–H groups in total. The predicted molar refractivity (Wildman–Crippen MR) is 90.4 cm³/mol. The van der Waals surface area contributed by atoms with Crippen LogP contribution in [0.15, 0.2) is 53.4 Å². The van der Waals surface area contributed by atoms with Gasteiger partial charge in [0.15, 0.2) is 11.6 Å². The highest BCUT2D eigenvalue weighted by atomic mass is 32.2. The number of hydrogen-bond donors (Lipinski definition) is 2. The van der Waals surface area contributed by atoms with Crippen LogP contribution < -0.4 is 10.0 Å². The third kappa shape index (κ3) is 4.83. The van der Waals surface area contributed by atoms with Gasteiger partial charge in [-0.2, -0.15) is 4.72 Å². The van der Waals surface area contributed by atoms with E-state index in [2.05, 4.69) is 10.0 Å². The standard InChI is InChI=1S/C17H18F2N2O3S/c1-11(2)16(21-25(23,24)13-6-4-3-5-7-13)17(22)20-12-8-9-14(18)15(19)10-12/h3-11,16,21H,1-2H3,(H,20,22). The van der Waals surface area contributed by atoms with E-state index in [0.717, 1.165) is 12.1 Å². The van der Waals surface area contributed by atoms with Gasteiger partial charge >= 0.3 is 0 Å². The Morgan fingerprint density at radius 3 is 2.20 bits per heavy atom. The lowest BCUT2D eigenvalue weighted by Crippen LogP contribution is -2.47. The van der Waals surface area contributed by atoms with Crippen LogP contribution in [0.2, 0.25) is 0 Å². The van der Waals surface area contributed by atoms with Gasteiger partial charge in [-0.3, -0.25) is 4.79 Å². The summed E-state index contributed by atoms with van der Waals surface area (Å²) in [6.45, 7) is 3.34. The average Bonchev–Trinajstić information content (AvgIpc) is 2.56. The monoisotopic (exact) mass is 368 g/mol. The maximum atomic E-state index is 13.2. The summed E-state index contributed by atoms with van der Waals surface area (Å²) < 4.78 is 53.3. The molecule has 2 aromatic carbocycles. The number of benzene rings is 2. The molecule has 0 aliphatic carbocycles. The number of nitrogens with one attached hydrogen (secondary N) is 2. The highest BCUT2D eigenvalue weighted by Gasteiger charge is 2.28. The van der Waals surface area contributed by atoms with E-state index in [1.165, 1.54) is 18.2 Å². The summed E-state index contributed by atoms with van der Waals surface area (Å²) in [5.41, 5.74) is 0.0356. The van der Waals surface area contributed by atoms with E-state index in [1.54, 1.807) is 32.0 Å². The van der Waals surface area contributed by atoms with Gasteiger partial charge in [0.25, 0.3) is 0 Å². The molecule has 25 heavy (non-hydrogen) atoms. The van der Waals surface area contributed by atoms with Crippen LogP contribution in [0.3, 0.4) is 0 Å². The third-order valence-electron chi connectivity index (χ3n) is 3.47. The number of hydrogen-bond acceptors (Lipinski definition) is 3. The van der Waals surface area contributed by atoms with Crippen molar-refractivity contribution in [2.24, 2.45) is 5.92 Å². The number of carbonyl (C=O) groups excluding carboxylic acids is 1. The maximum absolute atomic E-state index is 13.2. The predicted octanol–water partition coefficient (Wildman–Crippen LogP) is 2.91. The Labute approximate surface area is 145 Å². The lowest BCUT2D eigenvalue weighted by molar-refractivity contribution is -0.118. The smallest absolute Gasteiger partial charge is 0.242 e. The molecule has 0 heterocycles. The lowest BCUT2D eigenvalue weighted by Gasteiger charge is -2.21.